The highest BCUT2D eigenvalue weighted by atomic mass is 15.3. The van der Waals surface area contributed by atoms with E-state index in [9.17, 15) is 0 Å². The molecular weight excluding hydrogens is 170 g/mol. The SMILES string of the molecule is CC/C=C1\CN2CCCC12C(C)(C)C. The highest BCUT2D eigenvalue weighted by molar-refractivity contribution is 5.36. The zero-order valence-corrected chi connectivity index (χ0v) is 10.1. The van der Waals surface area contributed by atoms with Gasteiger partial charge in [-0.25, -0.2) is 0 Å². The van der Waals surface area contributed by atoms with Crippen molar-refractivity contribution in [3.8, 4) is 0 Å². The summed E-state index contributed by atoms with van der Waals surface area (Å²) >= 11 is 0. The van der Waals surface area contributed by atoms with Crippen molar-refractivity contribution < 1.29 is 0 Å². The molecule has 0 saturated carbocycles. The Labute approximate surface area is 88.2 Å². The van der Waals surface area contributed by atoms with E-state index in [1.165, 1.54) is 32.4 Å². The Bertz CT molecular complexity index is 259. The molecule has 2 saturated heterocycles. The molecule has 1 atom stereocenters. The van der Waals surface area contributed by atoms with Crippen LogP contribution in [0.3, 0.4) is 0 Å². The summed E-state index contributed by atoms with van der Waals surface area (Å²) < 4.78 is 0. The van der Waals surface area contributed by atoms with E-state index in [4.69, 9.17) is 0 Å². The maximum Gasteiger partial charge on any atom is 0.0485 e. The topological polar surface area (TPSA) is 3.24 Å². The minimum atomic E-state index is 0.406. The number of hydrogen-bond acceptors (Lipinski definition) is 1. The molecule has 1 nitrogen and oxygen atoms in total. The van der Waals surface area contributed by atoms with Gasteiger partial charge in [-0.15, -0.1) is 0 Å². The van der Waals surface area contributed by atoms with Crippen LogP contribution in [0.5, 0.6) is 0 Å². The highest BCUT2D eigenvalue weighted by Crippen LogP contribution is 2.54. The third-order valence-corrected chi connectivity index (χ3v) is 4.09. The van der Waals surface area contributed by atoms with Gasteiger partial charge in [0.05, 0.1) is 0 Å². The van der Waals surface area contributed by atoms with Gasteiger partial charge in [0.25, 0.3) is 0 Å². The monoisotopic (exact) mass is 193 g/mol. The van der Waals surface area contributed by atoms with Crippen LogP contribution in [0.1, 0.15) is 47.0 Å². The van der Waals surface area contributed by atoms with E-state index in [0.717, 1.165) is 0 Å². The van der Waals surface area contributed by atoms with Crippen molar-refractivity contribution in [1.29, 1.82) is 0 Å². The molecule has 0 spiro atoms. The first kappa shape index (κ1) is 10.2. The van der Waals surface area contributed by atoms with Crippen LogP contribution in [0, 0.1) is 5.41 Å². The first-order valence-corrected chi connectivity index (χ1v) is 5.97. The number of allylic oxidation sites excluding steroid dienone is 1. The van der Waals surface area contributed by atoms with Crippen LogP contribution in [-0.2, 0) is 0 Å². The Morgan fingerprint density at radius 2 is 2.14 bits per heavy atom. The lowest BCUT2D eigenvalue weighted by atomic mass is 9.62. The molecule has 0 N–H and O–H groups in total. The number of rotatable bonds is 1. The van der Waals surface area contributed by atoms with Crippen LogP contribution in [0.2, 0.25) is 0 Å². The van der Waals surface area contributed by atoms with Crippen LogP contribution in [-0.4, -0.2) is 23.5 Å². The fourth-order valence-electron chi connectivity index (χ4n) is 3.51. The predicted octanol–water partition coefficient (Wildman–Crippen LogP) is 3.22. The van der Waals surface area contributed by atoms with Crippen molar-refractivity contribution in [1.82, 2.24) is 4.90 Å². The van der Waals surface area contributed by atoms with E-state index in [1.807, 2.05) is 0 Å². The molecule has 2 aliphatic heterocycles. The first-order valence-electron chi connectivity index (χ1n) is 5.97. The van der Waals surface area contributed by atoms with Crippen LogP contribution in [0.25, 0.3) is 0 Å². The van der Waals surface area contributed by atoms with Crippen LogP contribution in [0.4, 0.5) is 0 Å². The molecule has 2 heterocycles. The van der Waals surface area contributed by atoms with Crippen molar-refractivity contribution in [2.45, 2.75) is 52.5 Å². The lowest BCUT2D eigenvalue weighted by Gasteiger charge is -2.58. The van der Waals surface area contributed by atoms with E-state index in [-0.39, 0.29) is 0 Å². The van der Waals surface area contributed by atoms with Gasteiger partial charge >= 0.3 is 0 Å². The summed E-state index contributed by atoms with van der Waals surface area (Å²) in [5, 5.41) is 0. The standard InChI is InChI=1S/C13H23N/c1-5-7-11-10-14-9-6-8-13(11,14)12(2,3)4/h7H,5-6,8-10H2,1-4H3/b11-7+. The van der Waals surface area contributed by atoms with E-state index in [1.54, 1.807) is 5.57 Å². The first-order chi connectivity index (χ1) is 6.52. The molecule has 2 aliphatic rings. The van der Waals surface area contributed by atoms with Gasteiger partial charge in [0.2, 0.25) is 0 Å². The van der Waals surface area contributed by atoms with Gasteiger partial charge in [0, 0.05) is 12.1 Å². The minimum absolute atomic E-state index is 0.406. The Balaban J connectivity index is 2.32. The molecule has 0 radical (unpaired) electrons. The van der Waals surface area contributed by atoms with Crippen LogP contribution >= 0.6 is 0 Å². The molecule has 14 heavy (non-hydrogen) atoms. The Morgan fingerprint density at radius 3 is 2.64 bits per heavy atom. The normalized spacial score (nSPS) is 35.9. The zero-order chi connectivity index (χ0) is 10.4. The van der Waals surface area contributed by atoms with Crippen molar-refractivity contribution in [3.05, 3.63) is 11.6 Å². The third-order valence-electron chi connectivity index (χ3n) is 4.09. The van der Waals surface area contributed by atoms with Crippen LogP contribution < -0.4 is 0 Å². The van der Waals surface area contributed by atoms with Gasteiger partial charge in [0.15, 0.2) is 0 Å². The second kappa shape index (κ2) is 3.10. The van der Waals surface area contributed by atoms with E-state index >= 15 is 0 Å². The second-order valence-electron chi connectivity index (χ2n) is 5.77. The van der Waals surface area contributed by atoms with Gasteiger partial charge in [-0.05, 0) is 36.8 Å². The lowest BCUT2D eigenvalue weighted by Crippen LogP contribution is -2.64. The number of nitrogens with zero attached hydrogens (tertiary/aromatic N) is 1. The van der Waals surface area contributed by atoms with Crippen molar-refractivity contribution in [3.63, 3.8) is 0 Å². The number of hydrogen-bond donors (Lipinski definition) is 0. The largest absolute Gasteiger partial charge is 0.289 e. The smallest absolute Gasteiger partial charge is 0.0485 e. The molecule has 2 fully saturated rings. The van der Waals surface area contributed by atoms with E-state index < -0.39 is 0 Å². The summed E-state index contributed by atoms with van der Waals surface area (Å²) in [4.78, 5) is 2.69. The number of fused-ring (bicyclic) bond motifs is 1. The van der Waals surface area contributed by atoms with Gasteiger partial charge < -0.3 is 0 Å². The Morgan fingerprint density at radius 1 is 1.43 bits per heavy atom. The summed E-state index contributed by atoms with van der Waals surface area (Å²) in [6, 6.07) is 0. The van der Waals surface area contributed by atoms with E-state index in [0.29, 0.717) is 11.0 Å². The van der Waals surface area contributed by atoms with Gasteiger partial charge in [-0.3, -0.25) is 4.90 Å². The highest BCUT2D eigenvalue weighted by Gasteiger charge is 2.57. The third kappa shape index (κ3) is 1.11. The molecular formula is C13H23N. The molecule has 80 valence electrons. The molecule has 0 aliphatic carbocycles. The lowest BCUT2D eigenvalue weighted by molar-refractivity contribution is 0.00365. The fraction of sp³-hybridized carbons (Fsp3) is 0.846. The maximum absolute atomic E-state index is 2.69. The zero-order valence-electron chi connectivity index (χ0n) is 10.1. The predicted molar refractivity (Wildman–Crippen MR) is 61.4 cm³/mol. The Kier molecular flexibility index (Phi) is 2.26. The summed E-state index contributed by atoms with van der Waals surface area (Å²) in [6.45, 7) is 12.0. The molecule has 0 aromatic rings. The molecule has 0 bridgehead atoms. The van der Waals surface area contributed by atoms with Gasteiger partial charge in [-0.1, -0.05) is 33.8 Å². The van der Waals surface area contributed by atoms with Crippen LogP contribution in [0.15, 0.2) is 11.6 Å². The average Bonchev–Trinajstić information content (AvgIpc) is 2.38. The van der Waals surface area contributed by atoms with E-state index in [2.05, 4.69) is 38.7 Å². The molecule has 0 amide bonds. The quantitative estimate of drug-likeness (QED) is 0.578. The van der Waals surface area contributed by atoms with Crippen molar-refractivity contribution in [2.24, 2.45) is 5.41 Å². The Hall–Kier alpha value is -0.300. The molecule has 0 aromatic carbocycles. The molecule has 1 heteroatoms. The van der Waals surface area contributed by atoms with Gasteiger partial charge in [0.1, 0.15) is 0 Å². The second-order valence-corrected chi connectivity index (χ2v) is 5.77. The molecule has 1 unspecified atom stereocenters. The summed E-state index contributed by atoms with van der Waals surface area (Å²) in [5.74, 6) is 0. The summed E-state index contributed by atoms with van der Waals surface area (Å²) in [6.07, 6.45) is 6.43. The van der Waals surface area contributed by atoms with Crippen molar-refractivity contribution >= 4 is 0 Å². The van der Waals surface area contributed by atoms with Gasteiger partial charge in [-0.2, -0.15) is 0 Å². The summed E-state index contributed by atoms with van der Waals surface area (Å²) in [5.41, 5.74) is 2.55. The fourth-order valence-corrected chi connectivity index (χ4v) is 3.51. The minimum Gasteiger partial charge on any atom is -0.289 e. The molecule has 0 aromatic heterocycles. The van der Waals surface area contributed by atoms with Crippen molar-refractivity contribution in [2.75, 3.05) is 13.1 Å². The average molecular weight is 193 g/mol. The summed E-state index contributed by atoms with van der Waals surface area (Å²) in [7, 11) is 0. The maximum atomic E-state index is 2.69. The molecule has 2 rings (SSSR count).